The summed E-state index contributed by atoms with van der Waals surface area (Å²) in [5, 5.41) is 5.70. The first-order valence-corrected chi connectivity index (χ1v) is 21.2. The maximum atomic E-state index is 5.48. The van der Waals surface area contributed by atoms with Crippen LogP contribution in [0.25, 0.3) is 117 Å². The van der Waals surface area contributed by atoms with Gasteiger partial charge in [0.2, 0.25) is 0 Å². The number of benzene rings is 9. The van der Waals surface area contributed by atoms with Crippen LogP contribution in [0.15, 0.2) is 224 Å². The summed E-state index contributed by atoms with van der Waals surface area (Å²) in [6, 6.07) is 78.6. The Morgan fingerprint density at radius 1 is 0.286 bits per heavy atom. The minimum absolute atomic E-state index is 0.580. The van der Waals surface area contributed by atoms with Gasteiger partial charge in [0.15, 0.2) is 17.5 Å². The molecule has 5 nitrogen and oxygen atoms in total. The third-order valence-corrected chi connectivity index (χ3v) is 12.0. The first kappa shape index (κ1) is 36.3. The van der Waals surface area contributed by atoms with Gasteiger partial charge in [-0.1, -0.05) is 200 Å². The fourth-order valence-electron chi connectivity index (χ4n) is 8.99. The van der Waals surface area contributed by atoms with Crippen LogP contribution in [0.5, 0.6) is 0 Å². The second-order valence-corrected chi connectivity index (χ2v) is 15.8. The molecule has 0 amide bonds. The van der Waals surface area contributed by atoms with Gasteiger partial charge in [-0.05, 0) is 46.5 Å². The molecule has 0 aliphatic heterocycles. The number of rotatable bonds is 7. The quantitative estimate of drug-likeness (QED) is 0.151. The first-order valence-electron chi connectivity index (χ1n) is 21.2. The Kier molecular flexibility index (Phi) is 8.75. The first-order chi connectivity index (χ1) is 31.2. The van der Waals surface area contributed by atoms with Crippen molar-refractivity contribution in [3.63, 3.8) is 0 Å². The van der Waals surface area contributed by atoms with Crippen LogP contribution >= 0.6 is 0 Å². The van der Waals surface area contributed by atoms with Crippen LogP contribution in [0.1, 0.15) is 0 Å². The average Bonchev–Trinajstić information content (AvgIpc) is 3.71. The van der Waals surface area contributed by atoms with Crippen molar-refractivity contribution < 1.29 is 0 Å². The number of hydrogen-bond acceptors (Lipinski definition) is 4. The van der Waals surface area contributed by atoms with E-state index in [9.17, 15) is 0 Å². The lowest BCUT2D eigenvalue weighted by molar-refractivity contribution is 1.07. The van der Waals surface area contributed by atoms with Crippen molar-refractivity contribution >= 4 is 43.5 Å². The SMILES string of the molecule is c1ccc(-c2ccc(-c3nc(-c4ccc(-c5ccccc5)cc4)nc(-c4ccc5c(c4)nc(-c4ccccc4)c4ccc6c7ccccc7n(-c7ccccc7)c6c45)n3)cc2)cc1. The molecule has 0 saturated heterocycles. The highest BCUT2D eigenvalue weighted by molar-refractivity contribution is 6.27. The van der Waals surface area contributed by atoms with Crippen molar-refractivity contribution in [3.8, 4) is 73.4 Å². The summed E-state index contributed by atoms with van der Waals surface area (Å²) >= 11 is 0. The van der Waals surface area contributed by atoms with Crippen molar-refractivity contribution in [1.82, 2.24) is 24.5 Å². The van der Waals surface area contributed by atoms with Gasteiger partial charge < -0.3 is 4.57 Å². The zero-order chi connectivity index (χ0) is 41.7. The van der Waals surface area contributed by atoms with E-state index in [1.807, 2.05) is 12.1 Å². The summed E-state index contributed by atoms with van der Waals surface area (Å²) in [6.45, 7) is 0. The minimum Gasteiger partial charge on any atom is -0.309 e. The van der Waals surface area contributed by atoms with E-state index < -0.39 is 0 Å². The van der Waals surface area contributed by atoms with Crippen molar-refractivity contribution in [2.75, 3.05) is 0 Å². The minimum atomic E-state index is 0.580. The average molecular weight is 804 g/mol. The summed E-state index contributed by atoms with van der Waals surface area (Å²) in [4.78, 5) is 21.0. The van der Waals surface area contributed by atoms with Crippen LogP contribution in [-0.2, 0) is 0 Å². The van der Waals surface area contributed by atoms with E-state index in [-0.39, 0.29) is 0 Å². The van der Waals surface area contributed by atoms with E-state index in [1.54, 1.807) is 0 Å². The van der Waals surface area contributed by atoms with E-state index in [0.29, 0.717) is 17.5 Å². The smallest absolute Gasteiger partial charge is 0.164 e. The number of pyridine rings is 1. The van der Waals surface area contributed by atoms with E-state index in [1.165, 1.54) is 10.8 Å². The lowest BCUT2D eigenvalue weighted by Crippen LogP contribution is -2.01. The van der Waals surface area contributed by atoms with Crippen molar-refractivity contribution in [3.05, 3.63) is 224 Å². The van der Waals surface area contributed by atoms with Crippen LogP contribution in [-0.4, -0.2) is 24.5 Å². The maximum absolute atomic E-state index is 5.48. The third kappa shape index (κ3) is 6.42. The number of fused-ring (bicyclic) bond motifs is 7. The number of aromatic nitrogens is 5. The Bertz CT molecular complexity index is 3520. The maximum Gasteiger partial charge on any atom is 0.164 e. The summed E-state index contributed by atoms with van der Waals surface area (Å²) in [5.74, 6) is 1.79. The summed E-state index contributed by atoms with van der Waals surface area (Å²) in [7, 11) is 0. The van der Waals surface area contributed by atoms with Gasteiger partial charge in [-0.25, -0.2) is 19.9 Å². The highest BCUT2D eigenvalue weighted by Gasteiger charge is 2.21. The van der Waals surface area contributed by atoms with Crippen molar-refractivity contribution in [2.24, 2.45) is 0 Å². The molecular weight excluding hydrogens is 767 g/mol. The van der Waals surface area contributed by atoms with Gasteiger partial charge in [-0.2, -0.15) is 0 Å². The third-order valence-electron chi connectivity index (χ3n) is 12.0. The van der Waals surface area contributed by atoms with Crippen molar-refractivity contribution in [1.29, 1.82) is 0 Å². The molecule has 0 aliphatic carbocycles. The van der Waals surface area contributed by atoms with Gasteiger partial charge >= 0.3 is 0 Å². The molecule has 0 atom stereocenters. The number of hydrogen-bond donors (Lipinski definition) is 0. The molecule has 9 aromatic carbocycles. The molecule has 0 spiro atoms. The van der Waals surface area contributed by atoms with Crippen LogP contribution in [0, 0.1) is 0 Å². The van der Waals surface area contributed by atoms with Gasteiger partial charge in [0.05, 0.1) is 22.2 Å². The lowest BCUT2D eigenvalue weighted by Gasteiger charge is -2.15. The summed E-state index contributed by atoms with van der Waals surface area (Å²) in [5.41, 5.74) is 13.5. The molecular formula is C58H37N5. The van der Waals surface area contributed by atoms with E-state index in [4.69, 9.17) is 19.9 Å². The Hall–Kier alpha value is -8.54. The molecule has 12 rings (SSSR count). The van der Waals surface area contributed by atoms with Gasteiger partial charge in [0.25, 0.3) is 0 Å². The second kappa shape index (κ2) is 15.2. The Balaban J connectivity index is 1.08. The fourth-order valence-corrected chi connectivity index (χ4v) is 8.99. The number of nitrogens with zero attached hydrogens (tertiary/aromatic N) is 5. The molecule has 0 fully saturated rings. The van der Waals surface area contributed by atoms with E-state index >= 15 is 0 Å². The zero-order valence-electron chi connectivity index (χ0n) is 34.1. The monoisotopic (exact) mass is 803 g/mol. The van der Waals surface area contributed by atoms with Gasteiger partial charge in [0, 0.05) is 54.9 Å². The molecule has 5 heteroatoms. The lowest BCUT2D eigenvalue weighted by atomic mass is 9.96. The van der Waals surface area contributed by atoms with Crippen LogP contribution in [0.4, 0.5) is 0 Å². The second-order valence-electron chi connectivity index (χ2n) is 15.8. The van der Waals surface area contributed by atoms with Crippen LogP contribution in [0.3, 0.4) is 0 Å². The Morgan fingerprint density at radius 3 is 1.30 bits per heavy atom. The van der Waals surface area contributed by atoms with Crippen LogP contribution in [0.2, 0.25) is 0 Å². The Labute approximate surface area is 364 Å². The zero-order valence-corrected chi connectivity index (χ0v) is 34.1. The summed E-state index contributed by atoms with van der Waals surface area (Å²) < 4.78 is 2.41. The molecule has 12 aromatic rings. The molecule has 3 heterocycles. The van der Waals surface area contributed by atoms with E-state index in [0.717, 1.165) is 88.6 Å². The highest BCUT2D eigenvalue weighted by atomic mass is 15.0. The summed E-state index contributed by atoms with van der Waals surface area (Å²) in [6.07, 6.45) is 0. The fraction of sp³-hybridized carbons (Fsp3) is 0. The molecule has 63 heavy (non-hydrogen) atoms. The number of para-hydroxylation sites is 2. The molecule has 0 N–H and O–H groups in total. The van der Waals surface area contributed by atoms with Gasteiger partial charge in [-0.3, -0.25) is 0 Å². The molecule has 0 bridgehead atoms. The molecule has 3 aromatic heterocycles. The predicted octanol–water partition coefficient (Wildman–Crippen LogP) is 14.7. The normalized spacial score (nSPS) is 11.5. The molecule has 0 radical (unpaired) electrons. The van der Waals surface area contributed by atoms with Crippen LogP contribution < -0.4 is 0 Å². The molecule has 0 unspecified atom stereocenters. The van der Waals surface area contributed by atoms with E-state index in [2.05, 4.69) is 217 Å². The topological polar surface area (TPSA) is 56.5 Å². The molecule has 0 saturated carbocycles. The van der Waals surface area contributed by atoms with Crippen molar-refractivity contribution in [2.45, 2.75) is 0 Å². The van der Waals surface area contributed by atoms with Gasteiger partial charge in [0.1, 0.15) is 0 Å². The predicted molar refractivity (Wildman–Crippen MR) is 260 cm³/mol. The Morgan fingerprint density at radius 2 is 0.714 bits per heavy atom. The standard InChI is InChI=1S/C58H37N5/c1-5-15-38(16-6-1)40-25-29-43(30-26-40)56-60-57(44-31-27-41(28-32-44)39-17-7-2-8-18-39)62-58(61-56)45-33-34-49-51(37-45)59-54(42-19-9-3-10-20-42)50-36-35-48-47-23-13-14-24-52(47)63(55(48)53(49)50)46-21-11-4-12-22-46/h1-37H. The largest absolute Gasteiger partial charge is 0.309 e. The highest BCUT2D eigenvalue weighted by Crippen LogP contribution is 2.43. The molecule has 0 aliphatic rings. The molecule has 294 valence electrons. The van der Waals surface area contributed by atoms with Gasteiger partial charge in [-0.15, -0.1) is 0 Å².